The monoisotopic (exact) mass is 221 g/mol. The molecule has 1 rings (SSSR count). The molecule has 0 atom stereocenters. The predicted octanol–water partition coefficient (Wildman–Crippen LogP) is 2.62. The summed E-state index contributed by atoms with van der Waals surface area (Å²) < 4.78 is 25.4. The van der Waals surface area contributed by atoms with Crippen LogP contribution in [0.5, 0.6) is 0 Å². The number of halogens is 3. The van der Waals surface area contributed by atoms with Crippen LogP contribution in [0.15, 0.2) is 10.5 Å². The highest BCUT2D eigenvalue weighted by atomic mass is 79.9. The van der Waals surface area contributed by atoms with Crippen LogP contribution in [0, 0.1) is 18.6 Å². The molecule has 0 saturated heterocycles. The van der Waals surface area contributed by atoms with E-state index in [0.29, 0.717) is 0 Å². The highest BCUT2D eigenvalue weighted by molar-refractivity contribution is 9.10. The summed E-state index contributed by atoms with van der Waals surface area (Å²) in [5.41, 5.74) is 5.68. The van der Waals surface area contributed by atoms with E-state index in [-0.39, 0.29) is 15.7 Å². The molecule has 0 aliphatic rings. The average Bonchev–Trinajstić information content (AvgIpc) is 1.97. The minimum Gasteiger partial charge on any atom is -0.398 e. The Morgan fingerprint density at radius 2 is 2.00 bits per heavy atom. The van der Waals surface area contributed by atoms with Crippen LogP contribution in [0.25, 0.3) is 0 Å². The molecule has 0 radical (unpaired) electrons. The van der Waals surface area contributed by atoms with Crippen molar-refractivity contribution in [3.05, 3.63) is 27.7 Å². The molecule has 0 spiro atoms. The van der Waals surface area contributed by atoms with E-state index in [1.165, 1.54) is 6.92 Å². The fourth-order valence-corrected chi connectivity index (χ4v) is 1.12. The Bertz CT molecular complexity index is 273. The maximum Gasteiger partial charge on any atom is 0.145 e. The van der Waals surface area contributed by atoms with Gasteiger partial charge >= 0.3 is 0 Å². The Labute approximate surface area is 71.3 Å². The predicted molar refractivity (Wildman–Crippen MR) is 43.2 cm³/mol. The van der Waals surface area contributed by atoms with E-state index in [1.54, 1.807) is 0 Å². The molecule has 0 unspecified atom stereocenters. The van der Waals surface area contributed by atoms with Crippen molar-refractivity contribution in [1.82, 2.24) is 0 Å². The minimum absolute atomic E-state index is 0.128. The summed E-state index contributed by atoms with van der Waals surface area (Å²) in [4.78, 5) is 0. The summed E-state index contributed by atoms with van der Waals surface area (Å²) in [5, 5.41) is 0. The van der Waals surface area contributed by atoms with Crippen LogP contribution in [0.4, 0.5) is 14.5 Å². The first-order valence-corrected chi connectivity index (χ1v) is 3.73. The lowest BCUT2D eigenvalue weighted by molar-refractivity contribution is 0.567. The molecule has 0 aromatic heterocycles. The van der Waals surface area contributed by atoms with Crippen molar-refractivity contribution in [2.24, 2.45) is 0 Å². The van der Waals surface area contributed by atoms with E-state index >= 15 is 0 Å². The number of nitrogen functional groups attached to an aromatic ring is 1. The third-order valence-corrected chi connectivity index (χ3v) is 2.17. The lowest BCUT2D eigenvalue weighted by Gasteiger charge is -2.03. The molecule has 0 fully saturated rings. The van der Waals surface area contributed by atoms with Gasteiger partial charge in [0.2, 0.25) is 0 Å². The van der Waals surface area contributed by atoms with Gasteiger partial charge in [0, 0.05) is 11.3 Å². The molecule has 11 heavy (non-hydrogen) atoms. The zero-order chi connectivity index (χ0) is 8.59. The number of rotatable bonds is 0. The van der Waals surface area contributed by atoms with Crippen molar-refractivity contribution < 1.29 is 8.78 Å². The Morgan fingerprint density at radius 1 is 1.45 bits per heavy atom. The molecule has 1 aromatic carbocycles. The average molecular weight is 222 g/mol. The van der Waals surface area contributed by atoms with Crippen LogP contribution in [-0.2, 0) is 0 Å². The molecule has 2 N–H and O–H groups in total. The summed E-state index contributed by atoms with van der Waals surface area (Å²) in [6.45, 7) is 1.49. The van der Waals surface area contributed by atoms with Gasteiger partial charge in [-0.1, -0.05) is 0 Å². The van der Waals surface area contributed by atoms with Crippen molar-refractivity contribution in [3.8, 4) is 0 Å². The Hall–Kier alpha value is -0.640. The molecule has 1 nitrogen and oxygen atoms in total. The van der Waals surface area contributed by atoms with Crippen LogP contribution in [0.3, 0.4) is 0 Å². The quantitative estimate of drug-likeness (QED) is 0.529. The fourth-order valence-electron chi connectivity index (χ4n) is 0.704. The molecule has 0 amide bonds. The van der Waals surface area contributed by atoms with Crippen LogP contribution in [0.2, 0.25) is 0 Å². The third kappa shape index (κ3) is 1.35. The molecule has 4 heteroatoms. The standard InChI is InChI=1S/C7H6BrF2N/c1-3-5(11)2-4(9)6(8)7(3)10/h2H,11H2,1H3. The van der Waals surface area contributed by atoms with E-state index in [1.807, 2.05) is 0 Å². The van der Waals surface area contributed by atoms with Crippen molar-refractivity contribution in [2.75, 3.05) is 5.73 Å². The molecule has 0 aliphatic carbocycles. The van der Waals surface area contributed by atoms with Crippen molar-refractivity contribution >= 4 is 21.6 Å². The summed E-state index contributed by atoms with van der Waals surface area (Å²) in [6.07, 6.45) is 0. The van der Waals surface area contributed by atoms with Crippen LogP contribution in [-0.4, -0.2) is 0 Å². The topological polar surface area (TPSA) is 26.0 Å². The maximum absolute atomic E-state index is 12.9. The van der Waals surface area contributed by atoms with Gasteiger partial charge in [-0.15, -0.1) is 0 Å². The van der Waals surface area contributed by atoms with E-state index in [2.05, 4.69) is 15.9 Å². The van der Waals surface area contributed by atoms with Crippen molar-refractivity contribution in [1.29, 1.82) is 0 Å². The summed E-state index contributed by atoms with van der Waals surface area (Å²) >= 11 is 2.76. The summed E-state index contributed by atoms with van der Waals surface area (Å²) in [5.74, 6) is -1.31. The largest absolute Gasteiger partial charge is 0.398 e. The SMILES string of the molecule is Cc1c(N)cc(F)c(Br)c1F. The van der Waals surface area contributed by atoms with Crippen molar-refractivity contribution in [3.63, 3.8) is 0 Å². The summed E-state index contributed by atoms with van der Waals surface area (Å²) in [7, 11) is 0. The van der Waals surface area contributed by atoms with Gasteiger partial charge in [-0.3, -0.25) is 0 Å². The van der Waals surface area contributed by atoms with E-state index in [4.69, 9.17) is 5.73 Å². The van der Waals surface area contributed by atoms with Gasteiger partial charge in [0.05, 0.1) is 4.47 Å². The van der Waals surface area contributed by atoms with E-state index < -0.39 is 11.6 Å². The number of hydrogen-bond donors (Lipinski definition) is 1. The summed E-state index contributed by atoms with van der Waals surface area (Å²) in [6, 6.07) is 1.09. The molecule has 0 saturated carbocycles. The molecular weight excluding hydrogens is 216 g/mol. The first-order chi connectivity index (χ1) is 5.04. The highest BCUT2D eigenvalue weighted by Gasteiger charge is 2.10. The first kappa shape index (κ1) is 8.46. The zero-order valence-corrected chi connectivity index (χ0v) is 7.37. The van der Waals surface area contributed by atoms with Gasteiger partial charge in [0.1, 0.15) is 11.6 Å². The first-order valence-electron chi connectivity index (χ1n) is 2.93. The zero-order valence-electron chi connectivity index (χ0n) is 5.79. The second-order valence-electron chi connectivity index (χ2n) is 2.20. The second kappa shape index (κ2) is 2.77. The van der Waals surface area contributed by atoms with E-state index in [0.717, 1.165) is 6.07 Å². The molecule has 1 aromatic rings. The minimum atomic E-state index is -0.675. The second-order valence-corrected chi connectivity index (χ2v) is 2.99. The van der Waals surface area contributed by atoms with Crippen LogP contribution >= 0.6 is 15.9 Å². The Kier molecular flexibility index (Phi) is 2.13. The van der Waals surface area contributed by atoms with E-state index in [9.17, 15) is 8.78 Å². The number of hydrogen-bond acceptors (Lipinski definition) is 1. The smallest absolute Gasteiger partial charge is 0.145 e. The number of nitrogens with two attached hydrogens (primary N) is 1. The lowest BCUT2D eigenvalue weighted by Crippen LogP contribution is -1.96. The highest BCUT2D eigenvalue weighted by Crippen LogP contribution is 2.26. The third-order valence-electron chi connectivity index (χ3n) is 1.45. The fraction of sp³-hybridized carbons (Fsp3) is 0.143. The van der Waals surface area contributed by atoms with Crippen molar-refractivity contribution in [2.45, 2.75) is 6.92 Å². The molecule has 60 valence electrons. The van der Waals surface area contributed by atoms with Gasteiger partial charge in [0.25, 0.3) is 0 Å². The maximum atomic E-state index is 12.9. The Morgan fingerprint density at radius 3 is 2.55 bits per heavy atom. The Balaban J connectivity index is 3.46. The molecule has 0 aliphatic heterocycles. The normalized spacial score (nSPS) is 10.2. The lowest BCUT2D eigenvalue weighted by atomic mass is 10.2. The van der Waals surface area contributed by atoms with Gasteiger partial charge in [0.15, 0.2) is 0 Å². The van der Waals surface area contributed by atoms with Crippen LogP contribution in [0.1, 0.15) is 5.56 Å². The molecular formula is C7H6BrF2N. The van der Waals surface area contributed by atoms with Gasteiger partial charge < -0.3 is 5.73 Å². The van der Waals surface area contributed by atoms with Gasteiger partial charge in [-0.2, -0.15) is 0 Å². The molecule has 0 heterocycles. The van der Waals surface area contributed by atoms with Gasteiger partial charge in [-0.05, 0) is 28.9 Å². The molecule has 0 bridgehead atoms. The number of anilines is 1. The van der Waals surface area contributed by atoms with Gasteiger partial charge in [-0.25, -0.2) is 8.78 Å². The van der Waals surface area contributed by atoms with Crippen LogP contribution < -0.4 is 5.73 Å². The number of benzene rings is 1.